The molecule has 0 unspecified atom stereocenters. The molecular formula is C18H17ClN8O2S. The van der Waals surface area contributed by atoms with Crippen LogP contribution in [0.3, 0.4) is 0 Å². The van der Waals surface area contributed by atoms with Gasteiger partial charge in [0.1, 0.15) is 16.4 Å². The van der Waals surface area contributed by atoms with Crippen LogP contribution < -0.4 is 5.32 Å². The number of hydrogen-bond acceptors (Lipinski definition) is 8. The average molecular weight is 445 g/mol. The van der Waals surface area contributed by atoms with E-state index in [2.05, 4.69) is 25.7 Å². The van der Waals surface area contributed by atoms with Crippen LogP contribution in [0.25, 0.3) is 0 Å². The highest BCUT2D eigenvalue weighted by Crippen LogP contribution is 2.25. The minimum absolute atomic E-state index is 0.0296. The number of aryl methyl sites for hydroxylation is 1. The maximum atomic E-state index is 11.2. The lowest BCUT2D eigenvalue weighted by Gasteiger charge is -2.04. The van der Waals surface area contributed by atoms with E-state index in [4.69, 9.17) is 11.6 Å². The first kappa shape index (κ1) is 20.0. The zero-order chi connectivity index (χ0) is 21.3. The molecule has 4 aromatic rings. The van der Waals surface area contributed by atoms with Crippen LogP contribution >= 0.6 is 22.9 Å². The van der Waals surface area contributed by atoms with Gasteiger partial charge in [-0.25, -0.2) is 0 Å². The van der Waals surface area contributed by atoms with Crippen molar-refractivity contribution in [2.24, 2.45) is 0 Å². The Balaban J connectivity index is 1.43. The molecule has 154 valence electrons. The standard InChI is InChI=1S/C18H17ClN8O2S/c1-11-17(27(28)29)12(2)26(23-11)10-16-21-22-18(30-16)20-15-7-8-25(24-15)9-13-5-3-4-6-14(13)19/h3-8H,9-10H2,1-2H3,(H,20,22,24). The molecule has 0 fully saturated rings. The summed E-state index contributed by atoms with van der Waals surface area (Å²) in [5, 5.41) is 33.2. The third-order valence-corrected chi connectivity index (χ3v) is 5.64. The number of rotatable bonds is 7. The molecule has 0 aliphatic rings. The van der Waals surface area contributed by atoms with E-state index in [0.717, 1.165) is 5.56 Å². The van der Waals surface area contributed by atoms with Crippen LogP contribution in [0.5, 0.6) is 0 Å². The van der Waals surface area contributed by atoms with Crippen molar-refractivity contribution < 1.29 is 4.92 Å². The second-order valence-electron chi connectivity index (χ2n) is 6.55. The fourth-order valence-corrected chi connectivity index (χ4v) is 3.95. The molecular weight excluding hydrogens is 428 g/mol. The molecule has 0 aliphatic heterocycles. The lowest BCUT2D eigenvalue weighted by Crippen LogP contribution is -2.04. The predicted octanol–water partition coefficient (Wildman–Crippen LogP) is 3.95. The molecule has 0 bridgehead atoms. The van der Waals surface area contributed by atoms with Gasteiger partial charge in [0.25, 0.3) is 0 Å². The van der Waals surface area contributed by atoms with Crippen molar-refractivity contribution in [1.29, 1.82) is 0 Å². The number of hydrogen-bond donors (Lipinski definition) is 1. The Morgan fingerprint density at radius 1 is 1.17 bits per heavy atom. The van der Waals surface area contributed by atoms with Crippen LogP contribution in [0.4, 0.5) is 16.6 Å². The quantitative estimate of drug-likeness (QED) is 0.338. The largest absolute Gasteiger partial charge is 0.313 e. The van der Waals surface area contributed by atoms with Crippen LogP contribution in [-0.2, 0) is 13.1 Å². The third-order valence-electron chi connectivity index (χ3n) is 4.44. The Labute approximate surface area is 180 Å². The first-order valence-electron chi connectivity index (χ1n) is 8.95. The van der Waals surface area contributed by atoms with Gasteiger partial charge in [-0.1, -0.05) is 41.1 Å². The second kappa shape index (κ2) is 8.20. The summed E-state index contributed by atoms with van der Waals surface area (Å²) in [6, 6.07) is 9.46. The number of anilines is 2. The van der Waals surface area contributed by atoms with E-state index in [-0.39, 0.29) is 5.69 Å². The first-order valence-corrected chi connectivity index (χ1v) is 10.1. The highest BCUT2D eigenvalue weighted by Gasteiger charge is 2.22. The Kier molecular flexibility index (Phi) is 5.46. The van der Waals surface area contributed by atoms with E-state index >= 15 is 0 Å². The van der Waals surface area contributed by atoms with Crippen molar-refractivity contribution in [3.63, 3.8) is 0 Å². The van der Waals surface area contributed by atoms with Gasteiger partial charge in [-0.2, -0.15) is 10.2 Å². The molecule has 12 heteroatoms. The molecule has 0 saturated heterocycles. The van der Waals surface area contributed by atoms with Crippen molar-refractivity contribution in [2.45, 2.75) is 26.9 Å². The second-order valence-corrected chi connectivity index (χ2v) is 8.02. The van der Waals surface area contributed by atoms with Crippen LogP contribution in [0.1, 0.15) is 22.0 Å². The molecule has 30 heavy (non-hydrogen) atoms. The minimum Gasteiger partial charge on any atom is -0.313 e. The van der Waals surface area contributed by atoms with Crippen LogP contribution in [-0.4, -0.2) is 34.7 Å². The Morgan fingerprint density at radius 3 is 2.70 bits per heavy atom. The maximum Gasteiger partial charge on any atom is 0.312 e. The van der Waals surface area contributed by atoms with Gasteiger partial charge >= 0.3 is 5.69 Å². The fourth-order valence-electron chi connectivity index (χ4n) is 3.03. The minimum atomic E-state index is -0.416. The third kappa shape index (κ3) is 4.16. The van der Waals surface area contributed by atoms with Gasteiger partial charge in [-0.05, 0) is 25.5 Å². The summed E-state index contributed by atoms with van der Waals surface area (Å²) in [6.07, 6.45) is 1.85. The molecule has 4 rings (SSSR count). The molecule has 0 amide bonds. The summed E-state index contributed by atoms with van der Waals surface area (Å²) in [4.78, 5) is 10.7. The first-order chi connectivity index (χ1) is 14.4. The number of nitro groups is 1. The molecule has 0 spiro atoms. The molecule has 1 N–H and O–H groups in total. The van der Waals surface area contributed by atoms with E-state index in [1.807, 2.05) is 36.5 Å². The average Bonchev–Trinajstić information content (AvgIpc) is 3.38. The molecule has 0 aliphatic carbocycles. The molecule has 0 atom stereocenters. The SMILES string of the molecule is Cc1nn(Cc2nnc(Nc3ccn(Cc4ccccc4Cl)n3)s2)c(C)c1[N+](=O)[O-]. The summed E-state index contributed by atoms with van der Waals surface area (Å²) in [6.45, 7) is 4.15. The predicted molar refractivity (Wildman–Crippen MR) is 113 cm³/mol. The summed E-state index contributed by atoms with van der Waals surface area (Å²) >= 11 is 7.54. The van der Waals surface area contributed by atoms with Crippen molar-refractivity contribution in [3.05, 3.63) is 73.6 Å². The number of aromatic nitrogens is 6. The molecule has 0 radical (unpaired) electrons. The van der Waals surface area contributed by atoms with E-state index in [1.165, 1.54) is 11.3 Å². The lowest BCUT2D eigenvalue weighted by atomic mass is 10.2. The lowest BCUT2D eigenvalue weighted by molar-refractivity contribution is -0.386. The highest BCUT2D eigenvalue weighted by atomic mass is 35.5. The Morgan fingerprint density at radius 2 is 1.97 bits per heavy atom. The Bertz CT molecular complexity index is 1210. The summed E-state index contributed by atoms with van der Waals surface area (Å²) in [5.41, 5.74) is 1.87. The van der Waals surface area contributed by atoms with Gasteiger partial charge < -0.3 is 5.32 Å². The van der Waals surface area contributed by atoms with Crippen LogP contribution in [0.2, 0.25) is 5.02 Å². The maximum absolute atomic E-state index is 11.2. The van der Waals surface area contributed by atoms with Gasteiger partial charge in [0.2, 0.25) is 5.13 Å². The van der Waals surface area contributed by atoms with Crippen LogP contribution in [0, 0.1) is 24.0 Å². The summed E-state index contributed by atoms with van der Waals surface area (Å²) in [7, 11) is 0. The zero-order valence-electron chi connectivity index (χ0n) is 16.1. The van der Waals surface area contributed by atoms with Crippen molar-refractivity contribution in [2.75, 3.05) is 5.32 Å². The van der Waals surface area contributed by atoms with E-state index in [0.29, 0.717) is 45.5 Å². The van der Waals surface area contributed by atoms with E-state index in [9.17, 15) is 10.1 Å². The van der Waals surface area contributed by atoms with Gasteiger partial charge in [-0.15, -0.1) is 10.2 Å². The Hall–Kier alpha value is -3.31. The molecule has 3 aromatic heterocycles. The van der Waals surface area contributed by atoms with Crippen molar-refractivity contribution in [3.8, 4) is 0 Å². The zero-order valence-corrected chi connectivity index (χ0v) is 17.7. The molecule has 0 saturated carbocycles. The number of nitrogens with zero attached hydrogens (tertiary/aromatic N) is 7. The molecule has 10 nitrogen and oxygen atoms in total. The summed E-state index contributed by atoms with van der Waals surface area (Å²) < 4.78 is 3.34. The van der Waals surface area contributed by atoms with Gasteiger partial charge in [0.05, 0.1) is 18.0 Å². The summed E-state index contributed by atoms with van der Waals surface area (Å²) in [5.74, 6) is 0.631. The number of halogens is 1. The highest BCUT2D eigenvalue weighted by molar-refractivity contribution is 7.15. The number of benzene rings is 1. The topological polar surface area (TPSA) is 117 Å². The van der Waals surface area contributed by atoms with Crippen LogP contribution in [0.15, 0.2) is 36.5 Å². The molecule has 1 aromatic carbocycles. The smallest absolute Gasteiger partial charge is 0.312 e. The fraction of sp³-hybridized carbons (Fsp3) is 0.222. The monoisotopic (exact) mass is 444 g/mol. The van der Waals surface area contributed by atoms with Crippen molar-refractivity contribution >= 4 is 39.6 Å². The normalized spacial score (nSPS) is 11.0. The van der Waals surface area contributed by atoms with E-state index < -0.39 is 4.92 Å². The number of nitrogens with one attached hydrogen (secondary N) is 1. The van der Waals surface area contributed by atoms with Gasteiger partial charge in [-0.3, -0.25) is 19.5 Å². The molecule has 3 heterocycles. The van der Waals surface area contributed by atoms with Gasteiger partial charge in [0, 0.05) is 17.3 Å². The van der Waals surface area contributed by atoms with E-state index in [1.54, 1.807) is 23.2 Å². The van der Waals surface area contributed by atoms with Gasteiger partial charge in [0.15, 0.2) is 5.82 Å². The van der Waals surface area contributed by atoms with Crippen molar-refractivity contribution in [1.82, 2.24) is 29.8 Å².